The molecular weight excluding hydrogens is 284 g/mol. The van der Waals surface area contributed by atoms with Crippen molar-refractivity contribution in [2.45, 2.75) is 0 Å². The predicted molar refractivity (Wildman–Crippen MR) is 81.6 cm³/mol. The Bertz CT molecular complexity index is 893. The number of hydrogen-bond donors (Lipinski definition) is 1. The minimum absolute atomic E-state index is 0.0741. The zero-order chi connectivity index (χ0) is 15.5. The highest BCUT2D eigenvalue weighted by Gasteiger charge is 2.08. The fourth-order valence-corrected chi connectivity index (χ4v) is 1.93. The summed E-state index contributed by atoms with van der Waals surface area (Å²) in [5.41, 5.74) is 2.22. The van der Waals surface area contributed by atoms with Gasteiger partial charge in [0, 0.05) is 36.3 Å². The molecule has 0 aliphatic heterocycles. The molecule has 0 aliphatic rings. The molecular formula is C15H10N4O3. The summed E-state index contributed by atoms with van der Waals surface area (Å²) in [4.78, 5) is 22.8. The minimum atomic E-state index is -0.525. The van der Waals surface area contributed by atoms with E-state index in [2.05, 4.69) is 15.0 Å². The van der Waals surface area contributed by atoms with E-state index in [0.29, 0.717) is 11.2 Å². The molecule has 0 atom stereocenters. The molecule has 0 saturated heterocycles. The number of hydrogen-bond acceptors (Lipinski definition) is 6. The van der Waals surface area contributed by atoms with Crippen molar-refractivity contribution in [2.24, 2.45) is 4.99 Å². The van der Waals surface area contributed by atoms with Crippen LogP contribution in [0.5, 0.6) is 5.75 Å². The number of phenols is 1. The molecule has 0 bridgehead atoms. The van der Waals surface area contributed by atoms with Crippen molar-refractivity contribution < 1.29 is 10.0 Å². The van der Waals surface area contributed by atoms with E-state index in [9.17, 15) is 15.2 Å². The molecule has 108 valence electrons. The van der Waals surface area contributed by atoms with E-state index in [1.165, 1.54) is 24.4 Å². The summed E-state index contributed by atoms with van der Waals surface area (Å²) in [6, 6.07) is 9.04. The molecule has 0 amide bonds. The van der Waals surface area contributed by atoms with Crippen molar-refractivity contribution in [1.82, 2.24) is 9.97 Å². The van der Waals surface area contributed by atoms with Crippen molar-refractivity contribution in [3.8, 4) is 5.75 Å². The number of nitro benzene ring substituents is 1. The van der Waals surface area contributed by atoms with Crippen LogP contribution in [-0.4, -0.2) is 26.2 Å². The van der Waals surface area contributed by atoms with Crippen LogP contribution in [0.3, 0.4) is 0 Å². The summed E-state index contributed by atoms with van der Waals surface area (Å²) < 4.78 is 0. The summed E-state index contributed by atoms with van der Waals surface area (Å²) in [6.45, 7) is 0. The lowest BCUT2D eigenvalue weighted by Crippen LogP contribution is -1.90. The molecule has 3 aromatic rings. The Kier molecular flexibility index (Phi) is 3.45. The van der Waals surface area contributed by atoms with Crippen molar-refractivity contribution in [3.63, 3.8) is 0 Å². The number of fused-ring (bicyclic) bond motifs is 1. The highest BCUT2D eigenvalue weighted by Crippen LogP contribution is 2.23. The van der Waals surface area contributed by atoms with Crippen molar-refractivity contribution in [3.05, 3.63) is 64.5 Å². The average Bonchev–Trinajstić information content (AvgIpc) is 2.53. The number of phenolic OH excluding ortho intramolecular Hbond substituents is 1. The van der Waals surface area contributed by atoms with Crippen molar-refractivity contribution in [2.75, 3.05) is 0 Å². The molecule has 1 heterocycles. The zero-order valence-electron chi connectivity index (χ0n) is 11.2. The van der Waals surface area contributed by atoms with Gasteiger partial charge in [0.05, 0.1) is 21.6 Å². The van der Waals surface area contributed by atoms with Gasteiger partial charge in [-0.3, -0.25) is 25.1 Å². The first-order valence-electron chi connectivity index (χ1n) is 6.36. The van der Waals surface area contributed by atoms with Gasteiger partial charge >= 0.3 is 0 Å². The smallest absolute Gasteiger partial charge is 0.270 e. The molecule has 22 heavy (non-hydrogen) atoms. The molecule has 0 aliphatic carbocycles. The molecule has 7 nitrogen and oxygen atoms in total. The second-order valence-electron chi connectivity index (χ2n) is 4.49. The molecule has 0 unspecified atom stereocenters. The highest BCUT2D eigenvalue weighted by molar-refractivity contribution is 5.87. The number of nitro groups is 1. The zero-order valence-corrected chi connectivity index (χ0v) is 11.2. The lowest BCUT2D eigenvalue weighted by molar-refractivity contribution is -0.384. The van der Waals surface area contributed by atoms with Gasteiger partial charge in [0.1, 0.15) is 5.75 Å². The van der Waals surface area contributed by atoms with Crippen molar-refractivity contribution in [1.29, 1.82) is 0 Å². The number of benzene rings is 2. The number of nitrogens with zero attached hydrogens (tertiary/aromatic N) is 4. The monoisotopic (exact) mass is 294 g/mol. The van der Waals surface area contributed by atoms with Crippen LogP contribution in [0.2, 0.25) is 0 Å². The number of non-ortho nitro benzene ring substituents is 1. The standard InChI is InChI=1S/C15H10N4O3/c20-15-4-2-12(19(21)22)7-10(15)9-18-11-1-3-13-14(8-11)17-6-5-16-13/h1-9,20H. The van der Waals surface area contributed by atoms with Gasteiger partial charge in [-0.15, -0.1) is 0 Å². The molecule has 0 radical (unpaired) electrons. The van der Waals surface area contributed by atoms with Gasteiger partial charge in [-0.25, -0.2) is 0 Å². The second kappa shape index (κ2) is 5.57. The molecule has 0 spiro atoms. The minimum Gasteiger partial charge on any atom is -0.507 e. The van der Waals surface area contributed by atoms with E-state index in [1.54, 1.807) is 30.6 Å². The normalized spacial score (nSPS) is 11.1. The van der Waals surface area contributed by atoms with Gasteiger partial charge < -0.3 is 5.11 Å². The van der Waals surface area contributed by atoms with Crippen LogP contribution in [0, 0.1) is 10.1 Å². The number of aromatic hydroxyl groups is 1. The summed E-state index contributed by atoms with van der Waals surface area (Å²) in [7, 11) is 0. The van der Waals surface area contributed by atoms with Crippen LogP contribution >= 0.6 is 0 Å². The van der Waals surface area contributed by atoms with Gasteiger partial charge in [-0.1, -0.05) is 0 Å². The van der Waals surface area contributed by atoms with E-state index in [-0.39, 0.29) is 17.0 Å². The van der Waals surface area contributed by atoms with E-state index < -0.39 is 4.92 Å². The van der Waals surface area contributed by atoms with Crippen molar-refractivity contribution >= 4 is 28.6 Å². The quantitative estimate of drug-likeness (QED) is 0.454. The Balaban J connectivity index is 1.95. The van der Waals surface area contributed by atoms with Gasteiger partial charge in [0.15, 0.2) is 0 Å². The molecule has 1 N–H and O–H groups in total. The van der Waals surface area contributed by atoms with Gasteiger partial charge in [-0.05, 0) is 24.3 Å². The first-order chi connectivity index (χ1) is 10.6. The van der Waals surface area contributed by atoms with E-state index >= 15 is 0 Å². The number of aliphatic imine (C=N–C) groups is 1. The predicted octanol–water partition coefficient (Wildman–Crippen LogP) is 2.99. The fourth-order valence-electron chi connectivity index (χ4n) is 1.93. The van der Waals surface area contributed by atoms with E-state index in [4.69, 9.17) is 0 Å². The third-order valence-corrected chi connectivity index (χ3v) is 3.03. The third kappa shape index (κ3) is 2.73. The van der Waals surface area contributed by atoms with Gasteiger partial charge in [0.2, 0.25) is 0 Å². The molecule has 0 fully saturated rings. The maximum absolute atomic E-state index is 10.7. The summed E-state index contributed by atoms with van der Waals surface area (Å²) in [5.74, 6) is -0.0741. The Hall–Kier alpha value is -3.35. The molecule has 0 saturated carbocycles. The number of rotatable bonds is 3. The Morgan fingerprint density at radius 2 is 1.86 bits per heavy atom. The highest BCUT2D eigenvalue weighted by atomic mass is 16.6. The van der Waals surface area contributed by atoms with E-state index in [0.717, 1.165) is 5.52 Å². The largest absolute Gasteiger partial charge is 0.507 e. The first kappa shape index (κ1) is 13.6. The van der Waals surface area contributed by atoms with Crippen LogP contribution in [-0.2, 0) is 0 Å². The van der Waals surface area contributed by atoms with Gasteiger partial charge in [0.25, 0.3) is 5.69 Å². The van der Waals surface area contributed by atoms with Crippen LogP contribution in [0.4, 0.5) is 11.4 Å². The maximum Gasteiger partial charge on any atom is 0.270 e. The lowest BCUT2D eigenvalue weighted by atomic mass is 10.2. The first-order valence-corrected chi connectivity index (χ1v) is 6.36. The Morgan fingerprint density at radius 3 is 2.64 bits per heavy atom. The molecule has 2 aromatic carbocycles. The van der Waals surface area contributed by atoms with Crippen LogP contribution in [0.15, 0.2) is 53.8 Å². The third-order valence-electron chi connectivity index (χ3n) is 3.03. The summed E-state index contributed by atoms with van der Waals surface area (Å²) >= 11 is 0. The fraction of sp³-hybridized carbons (Fsp3) is 0. The SMILES string of the molecule is O=[N+]([O-])c1ccc(O)c(C=Nc2ccc3nccnc3c2)c1. The molecule has 1 aromatic heterocycles. The van der Waals surface area contributed by atoms with E-state index in [1.807, 2.05) is 0 Å². The van der Waals surface area contributed by atoms with Gasteiger partial charge in [-0.2, -0.15) is 0 Å². The molecule has 3 rings (SSSR count). The summed E-state index contributed by atoms with van der Waals surface area (Å²) in [6.07, 6.45) is 4.56. The second-order valence-corrected chi connectivity index (χ2v) is 4.49. The summed E-state index contributed by atoms with van der Waals surface area (Å²) in [5, 5.41) is 20.5. The van der Waals surface area contributed by atoms with Crippen LogP contribution in [0.25, 0.3) is 11.0 Å². The molecule has 7 heteroatoms. The number of aromatic nitrogens is 2. The van der Waals surface area contributed by atoms with Crippen LogP contribution in [0.1, 0.15) is 5.56 Å². The average molecular weight is 294 g/mol. The maximum atomic E-state index is 10.7. The Labute approximate surface area is 124 Å². The Morgan fingerprint density at radius 1 is 1.09 bits per heavy atom. The lowest BCUT2D eigenvalue weighted by Gasteiger charge is -2.00. The van der Waals surface area contributed by atoms with Crippen LogP contribution < -0.4 is 0 Å². The topological polar surface area (TPSA) is 102 Å².